The molecule has 0 aromatic heterocycles. The van der Waals surface area contributed by atoms with Crippen molar-refractivity contribution in [1.82, 2.24) is 0 Å². The number of aliphatic hydroxyl groups is 1. The fourth-order valence-corrected chi connectivity index (χ4v) is 2.25. The summed E-state index contributed by atoms with van der Waals surface area (Å²) in [6.45, 7) is 13.2. The van der Waals surface area contributed by atoms with Crippen LogP contribution in [0.3, 0.4) is 0 Å². The fraction of sp³-hybridized carbons (Fsp3) is 0.867. The summed E-state index contributed by atoms with van der Waals surface area (Å²) in [5, 5.41) is 9.62. The van der Waals surface area contributed by atoms with E-state index in [9.17, 15) is 5.11 Å². The summed E-state index contributed by atoms with van der Waals surface area (Å²) < 4.78 is 0. The van der Waals surface area contributed by atoms with Crippen LogP contribution in [0.25, 0.3) is 0 Å². The zero-order chi connectivity index (χ0) is 12.8. The molecule has 0 aliphatic carbocycles. The second-order valence-corrected chi connectivity index (χ2v) is 6.31. The summed E-state index contributed by atoms with van der Waals surface area (Å²) in [4.78, 5) is 0. The Balaban J connectivity index is 4.21. The number of aliphatic hydroxyl groups excluding tert-OH is 1. The van der Waals surface area contributed by atoms with Crippen LogP contribution in [0.15, 0.2) is 11.6 Å². The average Bonchev–Trinajstić information content (AvgIpc) is 2.08. The molecule has 0 saturated heterocycles. The maximum Gasteiger partial charge on any atom is 0.0721 e. The van der Waals surface area contributed by atoms with Crippen molar-refractivity contribution in [1.29, 1.82) is 0 Å². The molecule has 0 aromatic rings. The largest absolute Gasteiger partial charge is 0.389 e. The Hall–Kier alpha value is -0.300. The van der Waals surface area contributed by atoms with Crippen LogP contribution in [0.4, 0.5) is 0 Å². The predicted molar refractivity (Wildman–Crippen MR) is 72.5 cm³/mol. The lowest BCUT2D eigenvalue weighted by molar-refractivity contribution is 0.225. The summed E-state index contributed by atoms with van der Waals surface area (Å²) in [7, 11) is 0. The first-order valence-corrected chi connectivity index (χ1v) is 6.63. The van der Waals surface area contributed by atoms with Crippen molar-refractivity contribution >= 4 is 0 Å². The summed E-state index contributed by atoms with van der Waals surface area (Å²) >= 11 is 0. The lowest BCUT2D eigenvalue weighted by atomic mass is 9.83. The molecule has 0 aliphatic rings. The van der Waals surface area contributed by atoms with E-state index in [1.54, 1.807) is 0 Å². The van der Waals surface area contributed by atoms with Gasteiger partial charge in [0.25, 0.3) is 0 Å². The standard InChI is InChI=1S/C15H30O/c1-7-8-14(13(3)16)10-9-12(2)11-15(4,5)6/h10,12-13,16H,7-9,11H2,1-6H3. The lowest BCUT2D eigenvalue weighted by Gasteiger charge is -2.22. The molecule has 1 nitrogen and oxygen atoms in total. The molecule has 1 heteroatoms. The van der Waals surface area contributed by atoms with Gasteiger partial charge in [0.05, 0.1) is 6.10 Å². The molecule has 0 rings (SSSR count). The molecule has 1 N–H and O–H groups in total. The molecule has 0 aliphatic heterocycles. The molecule has 0 fully saturated rings. The van der Waals surface area contributed by atoms with Crippen LogP contribution in [0.2, 0.25) is 0 Å². The maximum absolute atomic E-state index is 9.62. The van der Waals surface area contributed by atoms with Gasteiger partial charge in [0.15, 0.2) is 0 Å². The minimum Gasteiger partial charge on any atom is -0.389 e. The fourth-order valence-electron chi connectivity index (χ4n) is 2.25. The van der Waals surface area contributed by atoms with E-state index in [0.29, 0.717) is 11.3 Å². The minimum absolute atomic E-state index is 0.276. The van der Waals surface area contributed by atoms with Crippen LogP contribution < -0.4 is 0 Å². The molecule has 2 atom stereocenters. The molecule has 0 radical (unpaired) electrons. The predicted octanol–water partition coefficient (Wildman–Crippen LogP) is 4.56. The Morgan fingerprint density at radius 3 is 2.19 bits per heavy atom. The van der Waals surface area contributed by atoms with Crippen molar-refractivity contribution in [3.8, 4) is 0 Å². The molecule has 0 spiro atoms. The quantitative estimate of drug-likeness (QED) is 0.658. The monoisotopic (exact) mass is 226 g/mol. The molecule has 0 heterocycles. The van der Waals surface area contributed by atoms with Gasteiger partial charge in [-0.1, -0.05) is 47.1 Å². The van der Waals surface area contributed by atoms with Gasteiger partial charge in [0.1, 0.15) is 0 Å². The van der Waals surface area contributed by atoms with E-state index in [2.05, 4.69) is 40.7 Å². The SMILES string of the molecule is CCCC(=CCC(C)CC(C)(C)C)C(C)O. The van der Waals surface area contributed by atoms with E-state index in [1.807, 2.05) is 6.92 Å². The summed E-state index contributed by atoms with van der Waals surface area (Å²) in [5.41, 5.74) is 1.62. The third-order valence-corrected chi connectivity index (χ3v) is 2.82. The van der Waals surface area contributed by atoms with Crippen LogP contribution in [0.5, 0.6) is 0 Å². The van der Waals surface area contributed by atoms with Crippen molar-refractivity contribution in [2.75, 3.05) is 0 Å². The Morgan fingerprint density at radius 2 is 1.81 bits per heavy atom. The highest BCUT2D eigenvalue weighted by Gasteiger charge is 2.14. The number of rotatable bonds is 6. The maximum atomic E-state index is 9.62. The van der Waals surface area contributed by atoms with Gasteiger partial charge < -0.3 is 5.11 Å². The van der Waals surface area contributed by atoms with Crippen molar-refractivity contribution in [2.24, 2.45) is 11.3 Å². The Labute approximate surface area is 102 Å². The summed E-state index contributed by atoms with van der Waals surface area (Å²) in [5.74, 6) is 0.700. The van der Waals surface area contributed by atoms with Gasteiger partial charge in [0.2, 0.25) is 0 Å². The number of hydrogen-bond donors (Lipinski definition) is 1. The molecule has 16 heavy (non-hydrogen) atoms. The van der Waals surface area contributed by atoms with Crippen LogP contribution in [0, 0.1) is 11.3 Å². The van der Waals surface area contributed by atoms with E-state index in [0.717, 1.165) is 19.3 Å². The smallest absolute Gasteiger partial charge is 0.0721 e. The highest BCUT2D eigenvalue weighted by atomic mass is 16.3. The van der Waals surface area contributed by atoms with Gasteiger partial charge in [-0.2, -0.15) is 0 Å². The third kappa shape index (κ3) is 7.92. The van der Waals surface area contributed by atoms with Crippen LogP contribution in [-0.4, -0.2) is 11.2 Å². The van der Waals surface area contributed by atoms with Crippen LogP contribution in [0.1, 0.15) is 67.2 Å². The van der Waals surface area contributed by atoms with E-state index in [1.165, 1.54) is 12.0 Å². The highest BCUT2D eigenvalue weighted by Crippen LogP contribution is 2.26. The first-order chi connectivity index (χ1) is 7.26. The third-order valence-electron chi connectivity index (χ3n) is 2.82. The van der Waals surface area contributed by atoms with Gasteiger partial charge in [-0.3, -0.25) is 0 Å². The topological polar surface area (TPSA) is 20.2 Å². The summed E-state index contributed by atoms with van der Waals surface area (Å²) in [6, 6.07) is 0. The Morgan fingerprint density at radius 1 is 1.25 bits per heavy atom. The molecular formula is C15H30O. The Kier molecular flexibility index (Phi) is 6.98. The minimum atomic E-state index is -0.276. The van der Waals surface area contributed by atoms with Crippen molar-refractivity contribution in [3.63, 3.8) is 0 Å². The molecular weight excluding hydrogens is 196 g/mol. The molecule has 2 unspecified atom stereocenters. The van der Waals surface area contributed by atoms with E-state index < -0.39 is 0 Å². The second kappa shape index (κ2) is 7.11. The Bertz CT molecular complexity index is 208. The van der Waals surface area contributed by atoms with Gasteiger partial charge in [-0.15, -0.1) is 0 Å². The van der Waals surface area contributed by atoms with Gasteiger partial charge >= 0.3 is 0 Å². The van der Waals surface area contributed by atoms with E-state index in [-0.39, 0.29) is 6.10 Å². The molecule has 0 amide bonds. The van der Waals surface area contributed by atoms with Crippen molar-refractivity contribution in [3.05, 3.63) is 11.6 Å². The summed E-state index contributed by atoms with van der Waals surface area (Å²) in [6.07, 6.45) is 6.46. The zero-order valence-corrected chi connectivity index (χ0v) is 12.0. The van der Waals surface area contributed by atoms with Crippen molar-refractivity contribution in [2.45, 2.75) is 73.3 Å². The average molecular weight is 226 g/mol. The molecule has 96 valence electrons. The van der Waals surface area contributed by atoms with Crippen LogP contribution >= 0.6 is 0 Å². The molecule has 0 bridgehead atoms. The first-order valence-electron chi connectivity index (χ1n) is 6.63. The molecule has 0 aromatic carbocycles. The number of hydrogen-bond acceptors (Lipinski definition) is 1. The first kappa shape index (κ1) is 15.7. The zero-order valence-electron chi connectivity index (χ0n) is 12.0. The van der Waals surface area contributed by atoms with E-state index in [4.69, 9.17) is 0 Å². The van der Waals surface area contributed by atoms with Gasteiger partial charge in [0, 0.05) is 0 Å². The lowest BCUT2D eigenvalue weighted by Crippen LogP contribution is -2.11. The number of allylic oxidation sites excluding steroid dienone is 1. The van der Waals surface area contributed by atoms with Gasteiger partial charge in [-0.05, 0) is 43.1 Å². The van der Waals surface area contributed by atoms with Gasteiger partial charge in [-0.25, -0.2) is 0 Å². The van der Waals surface area contributed by atoms with Crippen molar-refractivity contribution < 1.29 is 5.11 Å². The molecule has 0 saturated carbocycles. The normalized spacial score (nSPS) is 17.3. The van der Waals surface area contributed by atoms with Crippen LogP contribution in [-0.2, 0) is 0 Å². The van der Waals surface area contributed by atoms with E-state index >= 15 is 0 Å². The second-order valence-electron chi connectivity index (χ2n) is 6.31. The highest BCUT2D eigenvalue weighted by molar-refractivity contribution is 5.06.